The third-order valence-corrected chi connectivity index (χ3v) is 5.80. The van der Waals surface area contributed by atoms with Crippen LogP contribution in [-0.4, -0.2) is 38.1 Å². The van der Waals surface area contributed by atoms with Crippen LogP contribution < -0.4 is 9.62 Å². The Kier molecular flexibility index (Phi) is 8.35. The zero-order valence-corrected chi connectivity index (χ0v) is 18.0. The van der Waals surface area contributed by atoms with E-state index in [0.29, 0.717) is 6.42 Å². The highest BCUT2D eigenvalue weighted by Crippen LogP contribution is 2.23. The Balaban J connectivity index is 1.86. The fourth-order valence-corrected chi connectivity index (χ4v) is 4.04. The van der Waals surface area contributed by atoms with E-state index in [0.717, 1.165) is 23.4 Å². The SMILES string of the molecule is C[C@@H](CCc1ccccc1)NC(=O)CCCN(c1cccc([N+](=O)[O-])c1)S(C)(=O)=O. The summed E-state index contributed by atoms with van der Waals surface area (Å²) in [6.45, 7) is 2.00. The highest BCUT2D eigenvalue weighted by Gasteiger charge is 2.20. The number of carbonyl (C=O) groups excluding carboxylic acids is 1. The van der Waals surface area contributed by atoms with Gasteiger partial charge in [0.2, 0.25) is 15.9 Å². The van der Waals surface area contributed by atoms with E-state index in [2.05, 4.69) is 5.32 Å². The molecule has 2 aromatic rings. The van der Waals surface area contributed by atoms with Crippen molar-refractivity contribution in [1.82, 2.24) is 5.32 Å². The zero-order chi connectivity index (χ0) is 22.1. The Morgan fingerprint density at radius 3 is 2.50 bits per heavy atom. The van der Waals surface area contributed by atoms with Crippen LogP contribution in [-0.2, 0) is 21.2 Å². The van der Waals surface area contributed by atoms with E-state index in [9.17, 15) is 23.3 Å². The molecular weight excluding hydrogens is 406 g/mol. The maximum Gasteiger partial charge on any atom is 0.271 e. The number of nitrogens with zero attached hydrogens (tertiary/aromatic N) is 2. The predicted molar refractivity (Wildman–Crippen MR) is 117 cm³/mol. The van der Waals surface area contributed by atoms with Gasteiger partial charge in [0, 0.05) is 31.1 Å². The number of nitrogens with one attached hydrogen (secondary N) is 1. The van der Waals surface area contributed by atoms with E-state index < -0.39 is 14.9 Å². The molecule has 0 aliphatic carbocycles. The van der Waals surface area contributed by atoms with Crippen LogP contribution in [0.2, 0.25) is 0 Å². The number of carbonyl (C=O) groups is 1. The Morgan fingerprint density at radius 1 is 1.17 bits per heavy atom. The van der Waals surface area contributed by atoms with Crippen LogP contribution in [0.15, 0.2) is 54.6 Å². The van der Waals surface area contributed by atoms with Gasteiger partial charge >= 0.3 is 0 Å². The van der Waals surface area contributed by atoms with Gasteiger partial charge in [-0.25, -0.2) is 8.42 Å². The molecule has 0 bridgehead atoms. The van der Waals surface area contributed by atoms with Crippen LogP contribution in [0.4, 0.5) is 11.4 Å². The van der Waals surface area contributed by atoms with Gasteiger partial charge < -0.3 is 5.32 Å². The number of hydrogen-bond acceptors (Lipinski definition) is 5. The fourth-order valence-electron chi connectivity index (χ4n) is 3.08. The van der Waals surface area contributed by atoms with E-state index in [1.54, 1.807) is 0 Å². The molecule has 0 unspecified atom stereocenters. The second kappa shape index (κ2) is 10.7. The summed E-state index contributed by atoms with van der Waals surface area (Å²) in [6.07, 6.45) is 3.16. The predicted octanol–water partition coefficient (Wildman–Crippen LogP) is 3.28. The largest absolute Gasteiger partial charge is 0.354 e. The van der Waals surface area contributed by atoms with Crippen molar-refractivity contribution in [1.29, 1.82) is 0 Å². The minimum Gasteiger partial charge on any atom is -0.354 e. The van der Waals surface area contributed by atoms with Crippen LogP contribution in [0.1, 0.15) is 31.7 Å². The average Bonchev–Trinajstić information content (AvgIpc) is 2.69. The van der Waals surface area contributed by atoms with Crippen LogP contribution in [0, 0.1) is 10.1 Å². The molecule has 0 saturated carbocycles. The Hall–Kier alpha value is -2.94. The lowest BCUT2D eigenvalue weighted by Crippen LogP contribution is -2.35. The minimum atomic E-state index is -3.64. The maximum absolute atomic E-state index is 12.2. The maximum atomic E-state index is 12.2. The summed E-state index contributed by atoms with van der Waals surface area (Å²) in [7, 11) is -3.64. The second-order valence-electron chi connectivity index (χ2n) is 7.21. The number of aryl methyl sites for hydroxylation is 1. The van der Waals surface area contributed by atoms with Crippen molar-refractivity contribution in [3.63, 3.8) is 0 Å². The monoisotopic (exact) mass is 433 g/mol. The van der Waals surface area contributed by atoms with Gasteiger partial charge in [-0.2, -0.15) is 0 Å². The molecule has 0 saturated heterocycles. The van der Waals surface area contributed by atoms with Gasteiger partial charge in [-0.15, -0.1) is 0 Å². The van der Waals surface area contributed by atoms with Crippen molar-refractivity contribution in [2.24, 2.45) is 0 Å². The summed E-state index contributed by atoms with van der Waals surface area (Å²) in [5.74, 6) is -0.150. The first-order valence-corrected chi connectivity index (χ1v) is 11.6. The number of benzene rings is 2. The molecule has 0 aromatic heterocycles. The number of nitro groups is 1. The molecule has 2 rings (SSSR count). The molecule has 0 aliphatic rings. The molecule has 162 valence electrons. The first kappa shape index (κ1) is 23.3. The van der Waals surface area contributed by atoms with Crippen LogP contribution >= 0.6 is 0 Å². The Morgan fingerprint density at radius 2 is 1.87 bits per heavy atom. The molecule has 0 spiro atoms. The highest BCUT2D eigenvalue weighted by molar-refractivity contribution is 7.92. The number of non-ortho nitro benzene ring substituents is 1. The topological polar surface area (TPSA) is 110 Å². The third-order valence-electron chi connectivity index (χ3n) is 4.61. The van der Waals surface area contributed by atoms with E-state index in [4.69, 9.17) is 0 Å². The lowest BCUT2D eigenvalue weighted by atomic mass is 10.1. The molecule has 0 heterocycles. The number of anilines is 1. The first-order chi connectivity index (χ1) is 14.2. The van der Waals surface area contributed by atoms with Crippen LogP contribution in [0.5, 0.6) is 0 Å². The molecule has 0 aliphatic heterocycles. The summed E-state index contributed by atoms with van der Waals surface area (Å²) < 4.78 is 25.4. The third kappa shape index (κ3) is 7.47. The summed E-state index contributed by atoms with van der Waals surface area (Å²) in [5, 5.41) is 13.9. The normalized spacial score (nSPS) is 12.2. The number of sulfonamides is 1. The summed E-state index contributed by atoms with van der Waals surface area (Å²) >= 11 is 0. The molecule has 30 heavy (non-hydrogen) atoms. The molecule has 1 N–H and O–H groups in total. The van der Waals surface area contributed by atoms with Crippen LogP contribution in [0.25, 0.3) is 0 Å². The summed E-state index contributed by atoms with van der Waals surface area (Å²) in [4.78, 5) is 22.6. The van der Waals surface area contributed by atoms with Crippen molar-refractivity contribution in [3.05, 3.63) is 70.3 Å². The van der Waals surface area contributed by atoms with Crippen LogP contribution in [0.3, 0.4) is 0 Å². The number of rotatable bonds is 11. The standard InChI is InChI=1S/C21H27N3O5S/c1-17(13-14-18-8-4-3-5-9-18)22-21(25)12-7-15-23(30(2,28)29)19-10-6-11-20(16-19)24(26)27/h3-6,8-11,16-17H,7,12-15H2,1-2H3,(H,22,25)/t17-/m0/s1. The molecule has 1 atom stereocenters. The van der Waals surface area contributed by atoms with E-state index in [1.807, 2.05) is 37.3 Å². The average molecular weight is 434 g/mol. The molecule has 0 fully saturated rings. The van der Waals surface area contributed by atoms with Crippen molar-refractivity contribution in [2.45, 2.75) is 38.6 Å². The van der Waals surface area contributed by atoms with E-state index in [-0.39, 0.29) is 36.3 Å². The Bertz CT molecular complexity index is 964. The van der Waals surface area contributed by atoms with Crippen molar-refractivity contribution < 1.29 is 18.1 Å². The first-order valence-electron chi connectivity index (χ1n) is 9.72. The molecule has 9 heteroatoms. The lowest BCUT2D eigenvalue weighted by Gasteiger charge is -2.22. The van der Waals surface area contributed by atoms with Gasteiger partial charge in [-0.05, 0) is 37.8 Å². The zero-order valence-electron chi connectivity index (χ0n) is 17.2. The van der Waals surface area contributed by atoms with Gasteiger partial charge in [0.05, 0.1) is 16.9 Å². The lowest BCUT2D eigenvalue weighted by molar-refractivity contribution is -0.384. The smallest absolute Gasteiger partial charge is 0.271 e. The van der Waals surface area contributed by atoms with Crippen molar-refractivity contribution >= 4 is 27.3 Å². The number of hydrogen-bond donors (Lipinski definition) is 1. The van der Waals surface area contributed by atoms with Crippen molar-refractivity contribution in [3.8, 4) is 0 Å². The molecule has 1 amide bonds. The van der Waals surface area contributed by atoms with E-state index >= 15 is 0 Å². The van der Waals surface area contributed by atoms with Gasteiger partial charge in [-0.1, -0.05) is 36.4 Å². The van der Waals surface area contributed by atoms with Gasteiger partial charge in [0.25, 0.3) is 5.69 Å². The number of nitro benzene ring substituents is 1. The fraction of sp³-hybridized carbons (Fsp3) is 0.381. The summed E-state index contributed by atoms with van der Waals surface area (Å²) in [6, 6.07) is 15.5. The van der Waals surface area contributed by atoms with Gasteiger partial charge in [-0.3, -0.25) is 19.2 Å². The molecule has 0 radical (unpaired) electrons. The second-order valence-corrected chi connectivity index (χ2v) is 9.12. The molecule has 2 aromatic carbocycles. The highest BCUT2D eigenvalue weighted by atomic mass is 32.2. The minimum absolute atomic E-state index is 0.000454. The quantitative estimate of drug-likeness (QED) is 0.432. The number of amides is 1. The van der Waals surface area contributed by atoms with Gasteiger partial charge in [0.1, 0.15) is 0 Å². The van der Waals surface area contributed by atoms with E-state index in [1.165, 1.54) is 29.8 Å². The molecular formula is C21H27N3O5S. The van der Waals surface area contributed by atoms with Crippen molar-refractivity contribution in [2.75, 3.05) is 17.1 Å². The Labute approximate surface area is 177 Å². The summed E-state index contributed by atoms with van der Waals surface area (Å²) in [5.41, 5.74) is 1.23. The molecule has 8 nitrogen and oxygen atoms in total. The van der Waals surface area contributed by atoms with Gasteiger partial charge in [0.15, 0.2) is 0 Å².